The number of hydrogen-bond donors (Lipinski definition) is 2. The number of aromatic carboxylic acids is 1. The van der Waals surface area contributed by atoms with Gasteiger partial charge in [0.1, 0.15) is 11.3 Å². The van der Waals surface area contributed by atoms with E-state index in [4.69, 9.17) is 20.9 Å². The standard InChI is InChI=1S/C17H17ClN2O5S/c18-10-3-5-12(6-4-10)26-9-13-14(17(22)23)15(25-20-13)16(21)19-8-11-2-1-7-24-11/h3-6,11H,1-2,7-9H2,(H,19,21)(H,22,23). The van der Waals surface area contributed by atoms with E-state index < -0.39 is 11.9 Å². The molecule has 7 nitrogen and oxygen atoms in total. The Morgan fingerprint density at radius 2 is 2.12 bits per heavy atom. The van der Waals surface area contributed by atoms with E-state index in [1.807, 2.05) is 12.1 Å². The minimum atomic E-state index is -1.25. The van der Waals surface area contributed by atoms with Crippen molar-refractivity contribution in [2.24, 2.45) is 0 Å². The first-order valence-electron chi connectivity index (χ1n) is 8.04. The van der Waals surface area contributed by atoms with Crippen LogP contribution in [0.4, 0.5) is 0 Å². The van der Waals surface area contributed by atoms with Gasteiger partial charge in [0.15, 0.2) is 0 Å². The number of hydrogen-bond acceptors (Lipinski definition) is 6. The molecule has 2 aromatic rings. The van der Waals surface area contributed by atoms with Gasteiger partial charge in [0.2, 0.25) is 5.76 Å². The largest absolute Gasteiger partial charge is 0.477 e. The SMILES string of the molecule is O=C(NCC1CCCO1)c1onc(CSc2ccc(Cl)cc2)c1C(=O)O. The fourth-order valence-electron chi connectivity index (χ4n) is 2.57. The summed E-state index contributed by atoms with van der Waals surface area (Å²) >= 11 is 7.22. The number of amides is 1. The van der Waals surface area contributed by atoms with E-state index >= 15 is 0 Å². The highest BCUT2D eigenvalue weighted by Crippen LogP contribution is 2.26. The summed E-state index contributed by atoms with van der Waals surface area (Å²) in [4.78, 5) is 24.8. The second-order valence-corrected chi connectivity index (χ2v) is 7.21. The molecule has 1 atom stereocenters. The predicted octanol–water partition coefficient (Wildman–Crippen LogP) is 3.23. The van der Waals surface area contributed by atoms with Crippen molar-refractivity contribution in [2.75, 3.05) is 13.2 Å². The molecular formula is C17H17ClN2O5S. The van der Waals surface area contributed by atoms with Crippen LogP contribution >= 0.6 is 23.4 Å². The molecule has 0 saturated carbocycles. The molecule has 1 aliphatic rings. The summed E-state index contributed by atoms with van der Waals surface area (Å²) in [6.45, 7) is 0.989. The van der Waals surface area contributed by atoms with Crippen LogP contribution in [-0.2, 0) is 10.5 Å². The molecule has 0 bridgehead atoms. The lowest BCUT2D eigenvalue weighted by Crippen LogP contribution is -2.32. The van der Waals surface area contributed by atoms with E-state index in [0.29, 0.717) is 18.2 Å². The fourth-order valence-corrected chi connectivity index (χ4v) is 3.53. The van der Waals surface area contributed by atoms with Gasteiger partial charge >= 0.3 is 5.97 Å². The van der Waals surface area contributed by atoms with Crippen LogP contribution < -0.4 is 5.32 Å². The van der Waals surface area contributed by atoms with Crippen molar-refractivity contribution < 1.29 is 24.0 Å². The molecule has 0 aliphatic carbocycles. The molecule has 26 heavy (non-hydrogen) atoms. The van der Waals surface area contributed by atoms with Crippen molar-refractivity contribution in [1.29, 1.82) is 0 Å². The highest BCUT2D eigenvalue weighted by molar-refractivity contribution is 7.98. The lowest BCUT2D eigenvalue weighted by Gasteiger charge is -2.09. The number of thioether (sulfide) groups is 1. The Bertz CT molecular complexity index is 787. The number of nitrogens with zero attached hydrogens (tertiary/aromatic N) is 1. The lowest BCUT2D eigenvalue weighted by molar-refractivity contribution is 0.0684. The lowest BCUT2D eigenvalue weighted by atomic mass is 10.2. The number of carboxylic acid groups (broad SMARTS) is 1. The van der Waals surface area contributed by atoms with E-state index in [2.05, 4.69) is 10.5 Å². The van der Waals surface area contributed by atoms with Crippen LogP contribution in [0, 0.1) is 0 Å². The van der Waals surface area contributed by atoms with Crippen molar-refractivity contribution in [2.45, 2.75) is 29.6 Å². The van der Waals surface area contributed by atoms with Gasteiger partial charge in [0, 0.05) is 28.8 Å². The molecular weight excluding hydrogens is 380 g/mol. The molecule has 0 radical (unpaired) electrons. The number of rotatable bonds is 7. The van der Waals surface area contributed by atoms with Crippen LogP contribution in [0.25, 0.3) is 0 Å². The average molecular weight is 397 g/mol. The second-order valence-electron chi connectivity index (χ2n) is 5.73. The molecule has 1 fully saturated rings. The van der Waals surface area contributed by atoms with E-state index in [1.165, 1.54) is 11.8 Å². The van der Waals surface area contributed by atoms with Gasteiger partial charge in [0.25, 0.3) is 5.91 Å². The van der Waals surface area contributed by atoms with E-state index in [1.54, 1.807) is 12.1 Å². The zero-order valence-electron chi connectivity index (χ0n) is 13.7. The number of halogens is 1. The maximum absolute atomic E-state index is 12.3. The van der Waals surface area contributed by atoms with Gasteiger partial charge < -0.3 is 19.7 Å². The van der Waals surface area contributed by atoms with Crippen LogP contribution in [0.1, 0.15) is 39.4 Å². The quantitative estimate of drug-likeness (QED) is 0.692. The van der Waals surface area contributed by atoms with Gasteiger partial charge in [0.05, 0.1) is 6.10 Å². The number of carbonyl (C=O) groups is 2. The second kappa shape index (κ2) is 8.57. The minimum absolute atomic E-state index is 0.0462. The highest BCUT2D eigenvalue weighted by atomic mass is 35.5. The smallest absolute Gasteiger partial charge is 0.341 e. The monoisotopic (exact) mass is 396 g/mol. The molecule has 0 spiro atoms. The normalized spacial score (nSPS) is 16.6. The summed E-state index contributed by atoms with van der Waals surface area (Å²) < 4.78 is 10.5. The molecule has 138 valence electrons. The van der Waals surface area contributed by atoms with Crippen LogP contribution in [-0.4, -0.2) is 41.4 Å². The van der Waals surface area contributed by atoms with Crippen LogP contribution in [0.3, 0.4) is 0 Å². The molecule has 1 aliphatic heterocycles. The Hall–Kier alpha value is -2.03. The van der Waals surface area contributed by atoms with Gasteiger partial charge in [-0.3, -0.25) is 4.79 Å². The van der Waals surface area contributed by atoms with E-state index in [0.717, 1.165) is 17.7 Å². The topological polar surface area (TPSA) is 102 Å². The maximum Gasteiger partial charge on any atom is 0.341 e. The summed E-state index contributed by atoms with van der Waals surface area (Å²) in [6, 6.07) is 7.13. The first kappa shape index (κ1) is 18.8. The summed E-state index contributed by atoms with van der Waals surface area (Å²) in [7, 11) is 0. The first-order valence-corrected chi connectivity index (χ1v) is 9.41. The van der Waals surface area contributed by atoms with Gasteiger partial charge in [-0.15, -0.1) is 11.8 Å². The number of aromatic nitrogens is 1. The van der Waals surface area contributed by atoms with Crippen molar-refractivity contribution in [3.63, 3.8) is 0 Å². The number of carbonyl (C=O) groups excluding carboxylic acids is 1. The summed E-state index contributed by atoms with van der Waals surface area (Å²) in [5, 5.41) is 16.5. The van der Waals surface area contributed by atoms with Gasteiger partial charge in [-0.25, -0.2) is 4.79 Å². The molecule has 2 heterocycles. The van der Waals surface area contributed by atoms with Crippen LogP contribution in [0.5, 0.6) is 0 Å². The molecule has 1 unspecified atom stereocenters. The molecule has 1 saturated heterocycles. The molecule has 1 aromatic carbocycles. The number of ether oxygens (including phenoxy) is 1. The Morgan fingerprint density at radius 3 is 2.77 bits per heavy atom. The average Bonchev–Trinajstić information content (AvgIpc) is 3.28. The zero-order valence-corrected chi connectivity index (χ0v) is 15.3. The minimum Gasteiger partial charge on any atom is -0.477 e. The fraction of sp³-hybridized carbons (Fsp3) is 0.353. The maximum atomic E-state index is 12.3. The van der Waals surface area contributed by atoms with Crippen LogP contribution in [0.2, 0.25) is 5.02 Å². The highest BCUT2D eigenvalue weighted by Gasteiger charge is 2.28. The summed E-state index contributed by atoms with van der Waals surface area (Å²) in [6.07, 6.45) is 1.77. The number of carboxylic acids is 1. The molecule has 2 N–H and O–H groups in total. The molecule has 3 rings (SSSR count). The van der Waals surface area contributed by atoms with E-state index in [-0.39, 0.29) is 28.9 Å². The summed E-state index contributed by atoms with van der Waals surface area (Å²) in [5.41, 5.74) is -0.00368. The third kappa shape index (κ3) is 4.57. The van der Waals surface area contributed by atoms with Gasteiger partial charge in [-0.2, -0.15) is 0 Å². The Morgan fingerprint density at radius 1 is 1.35 bits per heavy atom. The molecule has 1 aromatic heterocycles. The van der Waals surface area contributed by atoms with Crippen molar-refractivity contribution in [3.05, 3.63) is 46.3 Å². The molecule has 9 heteroatoms. The van der Waals surface area contributed by atoms with Gasteiger partial charge in [-0.05, 0) is 37.1 Å². The van der Waals surface area contributed by atoms with E-state index in [9.17, 15) is 14.7 Å². The predicted molar refractivity (Wildman–Crippen MR) is 95.8 cm³/mol. The molecule has 1 amide bonds. The third-order valence-electron chi connectivity index (χ3n) is 3.89. The third-order valence-corrected chi connectivity index (χ3v) is 5.16. The Balaban J connectivity index is 1.67. The zero-order chi connectivity index (χ0) is 18.5. The van der Waals surface area contributed by atoms with Crippen molar-refractivity contribution in [1.82, 2.24) is 10.5 Å². The summed E-state index contributed by atoms with van der Waals surface area (Å²) in [5.74, 6) is -1.89. The van der Waals surface area contributed by atoms with Crippen molar-refractivity contribution >= 4 is 35.2 Å². The first-order chi connectivity index (χ1) is 12.5. The Labute approximate surface area is 159 Å². The number of nitrogens with one attached hydrogen (secondary N) is 1. The van der Waals surface area contributed by atoms with Crippen LogP contribution in [0.15, 0.2) is 33.7 Å². The number of benzene rings is 1. The van der Waals surface area contributed by atoms with Gasteiger partial charge in [-0.1, -0.05) is 16.8 Å². The van der Waals surface area contributed by atoms with Crippen molar-refractivity contribution in [3.8, 4) is 0 Å². The Kier molecular flexibility index (Phi) is 6.18.